The average molecular weight is 434 g/mol. The molecule has 0 aliphatic heterocycles. The highest BCUT2D eigenvalue weighted by Crippen LogP contribution is 2.38. The Labute approximate surface area is 191 Å². The highest BCUT2D eigenvalue weighted by molar-refractivity contribution is 6.11. The highest BCUT2D eigenvalue weighted by Gasteiger charge is 2.17. The Hall–Kier alpha value is -4.37. The first-order valence-electron chi connectivity index (χ1n) is 10.6. The van der Waals surface area contributed by atoms with Gasteiger partial charge in [0.05, 0.1) is 24.3 Å². The fourth-order valence-corrected chi connectivity index (χ4v) is 3.91. The van der Waals surface area contributed by atoms with Crippen LogP contribution in [0.5, 0.6) is 11.5 Å². The highest BCUT2D eigenvalue weighted by atomic mass is 16.5. The summed E-state index contributed by atoms with van der Waals surface area (Å²) in [5.74, 6) is 7.31. The fourth-order valence-electron chi connectivity index (χ4n) is 3.91. The van der Waals surface area contributed by atoms with Crippen LogP contribution in [0.1, 0.15) is 18.1 Å². The normalized spacial score (nSPS) is 10.8. The minimum Gasteiger partial charge on any atom is -0.493 e. The number of aromatic nitrogens is 4. The Balaban J connectivity index is 1.66. The molecule has 6 nitrogen and oxygen atoms in total. The fraction of sp³-hybridized carbons (Fsp3) is 0.148. The van der Waals surface area contributed by atoms with E-state index < -0.39 is 0 Å². The molecule has 0 saturated carbocycles. The van der Waals surface area contributed by atoms with Gasteiger partial charge in [-0.05, 0) is 42.8 Å². The number of benzene rings is 2. The summed E-state index contributed by atoms with van der Waals surface area (Å²) in [5.41, 5.74) is 5.68. The Morgan fingerprint density at radius 1 is 1.00 bits per heavy atom. The van der Waals surface area contributed by atoms with E-state index in [4.69, 9.17) is 14.6 Å². The van der Waals surface area contributed by atoms with E-state index in [-0.39, 0.29) is 0 Å². The predicted molar refractivity (Wildman–Crippen MR) is 129 cm³/mol. The quantitative estimate of drug-likeness (QED) is 0.358. The van der Waals surface area contributed by atoms with Gasteiger partial charge in [-0.25, -0.2) is 0 Å². The molecule has 0 spiro atoms. The lowest BCUT2D eigenvalue weighted by Gasteiger charge is -2.13. The molecular formula is C27H22N4O2. The summed E-state index contributed by atoms with van der Waals surface area (Å²) in [6, 6.07) is 15.9. The molecule has 0 aliphatic carbocycles. The van der Waals surface area contributed by atoms with Crippen molar-refractivity contribution < 1.29 is 9.47 Å². The van der Waals surface area contributed by atoms with Crippen molar-refractivity contribution in [1.82, 2.24) is 19.7 Å². The molecule has 3 aromatic heterocycles. The minimum atomic E-state index is 0.410. The second kappa shape index (κ2) is 8.64. The Morgan fingerprint density at radius 2 is 1.79 bits per heavy atom. The van der Waals surface area contributed by atoms with Crippen molar-refractivity contribution in [2.45, 2.75) is 13.5 Å². The second-order valence-corrected chi connectivity index (χ2v) is 7.61. The van der Waals surface area contributed by atoms with E-state index >= 15 is 0 Å². The molecule has 0 amide bonds. The zero-order valence-corrected chi connectivity index (χ0v) is 18.7. The van der Waals surface area contributed by atoms with Crippen LogP contribution in [0.3, 0.4) is 0 Å². The van der Waals surface area contributed by atoms with Crippen LogP contribution >= 0.6 is 0 Å². The van der Waals surface area contributed by atoms with Gasteiger partial charge < -0.3 is 9.47 Å². The molecule has 5 aromatic rings. The number of nitrogens with zero attached hydrogens (tertiary/aromatic N) is 4. The standard InChI is InChI=1S/C27H22N4O2/c1-4-5-18-6-8-20(9-7-18)27-26-21-14-25(33-17-19-10-12-28-13-11-19)24(32-3)15-22(21)29-16-23(26)31(2)30-27/h6-16H,17H2,1-3H3. The number of pyridine rings is 2. The van der Waals surface area contributed by atoms with Crippen molar-refractivity contribution in [2.24, 2.45) is 7.05 Å². The number of hydrogen-bond donors (Lipinski definition) is 0. The summed E-state index contributed by atoms with van der Waals surface area (Å²) in [6.07, 6.45) is 5.36. The Bertz CT molecular complexity index is 1510. The molecule has 0 unspecified atom stereocenters. The van der Waals surface area contributed by atoms with Crippen LogP contribution in [0.25, 0.3) is 33.1 Å². The molecule has 0 atom stereocenters. The summed E-state index contributed by atoms with van der Waals surface area (Å²) < 4.78 is 13.6. The smallest absolute Gasteiger partial charge is 0.162 e. The molecule has 0 N–H and O–H groups in total. The van der Waals surface area contributed by atoms with E-state index in [2.05, 4.69) is 33.9 Å². The van der Waals surface area contributed by atoms with Crippen molar-refractivity contribution in [3.05, 3.63) is 78.2 Å². The number of aryl methyl sites for hydroxylation is 1. The maximum absolute atomic E-state index is 6.14. The lowest BCUT2D eigenvalue weighted by atomic mass is 10.0. The molecule has 0 fully saturated rings. The average Bonchev–Trinajstić information content (AvgIpc) is 3.20. The van der Waals surface area contributed by atoms with Gasteiger partial charge in [-0.2, -0.15) is 5.10 Å². The van der Waals surface area contributed by atoms with Gasteiger partial charge in [-0.1, -0.05) is 18.1 Å². The van der Waals surface area contributed by atoms with Gasteiger partial charge in [0.15, 0.2) is 11.5 Å². The summed E-state index contributed by atoms with van der Waals surface area (Å²) in [4.78, 5) is 8.72. The first kappa shape index (κ1) is 20.5. The summed E-state index contributed by atoms with van der Waals surface area (Å²) >= 11 is 0. The molecule has 2 aromatic carbocycles. The van der Waals surface area contributed by atoms with Crippen LogP contribution in [-0.4, -0.2) is 26.9 Å². The summed E-state index contributed by atoms with van der Waals surface area (Å²) in [5, 5.41) is 6.79. The molecule has 3 heterocycles. The second-order valence-electron chi connectivity index (χ2n) is 7.61. The zero-order chi connectivity index (χ0) is 22.8. The molecule has 6 heteroatoms. The van der Waals surface area contributed by atoms with E-state index in [9.17, 15) is 0 Å². The largest absolute Gasteiger partial charge is 0.493 e. The van der Waals surface area contributed by atoms with Gasteiger partial charge in [0.25, 0.3) is 0 Å². The van der Waals surface area contributed by atoms with Crippen molar-refractivity contribution in [2.75, 3.05) is 7.11 Å². The van der Waals surface area contributed by atoms with Gasteiger partial charge in [0.2, 0.25) is 0 Å². The molecule has 0 bridgehead atoms. The first-order valence-corrected chi connectivity index (χ1v) is 10.6. The molecule has 0 saturated heterocycles. The molecule has 162 valence electrons. The van der Waals surface area contributed by atoms with Crippen LogP contribution in [0, 0.1) is 11.8 Å². The summed E-state index contributed by atoms with van der Waals surface area (Å²) in [6.45, 7) is 2.25. The maximum Gasteiger partial charge on any atom is 0.162 e. The van der Waals surface area contributed by atoms with Crippen molar-refractivity contribution >= 4 is 21.8 Å². The maximum atomic E-state index is 6.14. The molecule has 0 radical (unpaired) electrons. The van der Waals surface area contributed by atoms with Gasteiger partial charge in [0.1, 0.15) is 12.3 Å². The molecule has 0 aliphatic rings. The first-order chi connectivity index (χ1) is 16.2. The van der Waals surface area contributed by atoms with Gasteiger partial charge in [-0.3, -0.25) is 14.6 Å². The number of fused-ring (bicyclic) bond motifs is 3. The monoisotopic (exact) mass is 434 g/mol. The number of hydrogen-bond acceptors (Lipinski definition) is 5. The Kier molecular flexibility index (Phi) is 5.37. The molecular weight excluding hydrogens is 412 g/mol. The van der Waals surface area contributed by atoms with Crippen LogP contribution in [-0.2, 0) is 13.7 Å². The number of methoxy groups -OCH3 is 1. The topological polar surface area (TPSA) is 62.1 Å². The van der Waals surface area contributed by atoms with Crippen LogP contribution in [0.4, 0.5) is 0 Å². The third-order valence-corrected chi connectivity index (χ3v) is 5.54. The number of ether oxygens (including phenoxy) is 2. The van der Waals surface area contributed by atoms with E-state index in [1.807, 2.05) is 61.2 Å². The van der Waals surface area contributed by atoms with E-state index in [1.54, 1.807) is 19.5 Å². The van der Waals surface area contributed by atoms with Crippen LogP contribution < -0.4 is 9.47 Å². The number of rotatable bonds is 5. The molecule has 33 heavy (non-hydrogen) atoms. The van der Waals surface area contributed by atoms with E-state index in [0.717, 1.165) is 44.2 Å². The minimum absolute atomic E-state index is 0.410. The SMILES string of the molecule is CC#Cc1ccc(-c2nn(C)c3cnc4cc(OC)c(OCc5ccncc5)cc4c23)cc1. The van der Waals surface area contributed by atoms with Crippen LogP contribution in [0.2, 0.25) is 0 Å². The van der Waals surface area contributed by atoms with Gasteiger partial charge >= 0.3 is 0 Å². The van der Waals surface area contributed by atoms with Gasteiger partial charge in [-0.15, -0.1) is 5.92 Å². The predicted octanol–water partition coefficient (Wildman–Crippen LogP) is 5.14. The van der Waals surface area contributed by atoms with Crippen molar-refractivity contribution in [3.63, 3.8) is 0 Å². The third kappa shape index (κ3) is 3.85. The summed E-state index contributed by atoms with van der Waals surface area (Å²) in [7, 11) is 3.57. The van der Waals surface area contributed by atoms with E-state index in [0.29, 0.717) is 18.1 Å². The van der Waals surface area contributed by atoms with Crippen molar-refractivity contribution in [1.29, 1.82) is 0 Å². The lowest BCUT2D eigenvalue weighted by molar-refractivity contribution is 0.285. The molecule has 5 rings (SSSR count). The van der Waals surface area contributed by atoms with Crippen molar-refractivity contribution in [3.8, 4) is 34.6 Å². The van der Waals surface area contributed by atoms with Gasteiger partial charge in [0, 0.05) is 47.4 Å². The Morgan fingerprint density at radius 3 is 2.52 bits per heavy atom. The zero-order valence-electron chi connectivity index (χ0n) is 18.7. The third-order valence-electron chi connectivity index (χ3n) is 5.54. The lowest BCUT2D eigenvalue weighted by Crippen LogP contribution is -1.98. The van der Waals surface area contributed by atoms with Crippen LogP contribution in [0.15, 0.2) is 67.1 Å². The van der Waals surface area contributed by atoms with E-state index in [1.165, 1.54) is 0 Å².